The van der Waals surface area contributed by atoms with Crippen LogP contribution in [0.5, 0.6) is 0 Å². The Bertz CT molecular complexity index is 632. The van der Waals surface area contributed by atoms with Crippen molar-refractivity contribution in [2.75, 3.05) is 26.2 Å². The van der Waals surface area contributed by atoms with E-state index < -0.39 is 10.2 Å². The van der Waals surface area contributed by atoms with Gasteiger partial charge in [-0.1, -0.05) is 13.8 Å². The zero-order valence-electron chi connectivity index (χ0n) is 14.4. The molecule has 3 heterocycles. The third-order valence-electron chi connectivity index (χ3n) is 5.02. The summed E-state index contributed by atoms with van der Waals surface area (Å²) in [5, 5.41) is 4.19. The fourth-order valence-electron chi connectivity index (χ4n) is 4.04. The minimum Gasteiger partial charge on any atom is -0.276 e. The van der Waals surface area contributed by atoms with Crippen molar-refractivity contribution in [1.29, 1.82) is 0 Å². The van der Waals surface area contributed by atoms with Crippen molar-refractivity contribution in [3.63, 3.8) is 0 Å². The van der Waals surface area contributed by atoms with Gasteiger partial charge in [-0.2, -0.15) is 22.1 Å². The van der Waals surface area contributed by atoms with E-state index in [0.717, 1.165) is 19.3 Å². The van der Waals surface area contributed by atoms with E-state index in [9.17, 15) is 8.42 Å². The molecule has 0 unspecified atom stereocenters. The standard InChI is InChI=1S/C16H28N4O2S/c1-13-6-14(2)10-20(9-13)23(21,22)19-5-4-15(12-19)7-16-8-17-18(3)11-16/h8,11,13-15H,4-7,9-10,12H2,1-3H3/t13-,14+,15-/m0/s1. The molecule has 1 aromatic rings. The molecule has 0 amide bonds. The molecule has 7 heteroatoms. The van der Waals surface area contributed by atoms with Crippen molar-refractivity contribution >= 4 is 10.2 Å². The number of hydrogen-bond acceptors (Lipinski definition) is 3. The second-order valence-electron chi connectivity index (χ2n) is 7.51. The van der Waals surface area contributed by atoms with E-state index in [1.54, 1.807) is 13.3 Å². The molecule has 0 bridgehead atoms. The zero-order chi connectivity index (χ0) is 16.6. The quantitative estimate of drug-likeness (QED) is 0.835. The van der Waals surface area contributed by atoms with Crippen molar-refractivity contribution in [2.24, 2.45) is 24.8 Å². The monoisotopic (exact) mass is 340 g/mol. The van der Waals surface area contributed by atoms with Gasteiger partial charge in [0.15, 0.2) is 0 Å². The van der Waals surface area contributed by atoms with Gasteiger partial charge < -0.3 is 0 Å². The third-order valence-corrected chi connectivity index (χ3v) is 6.95. The molecule has 0 saturated carbocycles. The van der Waals surface area contributed by atoms with Crippen LogP contribution in [0.2, 0.25) is 0 Å². The van der Waals surface area contributed by atoms with Gasteiger partial charge in [0.05, 0.1) is 6.20 Å². The Morgan fingerprint density at radius 1 is 1.17 bits per heavy atom. The first kappa shape index (κ1) is 16.9. The van der Waals surface area contributed by atoms with Crippen molar-refractivity contribution in [2.45, 2.75) is 33.1 Å². The minimum atomic E-state index is -3.30. The van der Waals surface area contributed by atoms with Crippen LogP contribution < -0.4 is 0 Å². The van der Waals surface area contributed by atoms with E-state index in [1.807, 2.05) is 19.4 Å². The van der Waals surface area contributed by atoms with Crippen molar-refractivity contribution in [3.05, 3.63) is 18.0 Å². The maximum Gasteiger partial charge on any atom is 0.282 e. The summed E-state index contributed by atoms with van der Waals surface area (Å²) in [4.78, 5) is 0. The van der Waals surface area contributed by atoms with Crippen LogP contribution in [0.15, 0.2) is 12.4 Å². The highest BCUT2D eigenvalue weighted by molar-refractivity contribution is 7.86. The van der Waals surface area contributed by atoms with Crippen LogP contribution in [-0.4, -0.2) is 53.0 Å². The molecular weight excluding hydrogens is 312 g/mol. The summed E-state index contributed by atoms with van der Waals surface area (Å²) < 4.78 is 31.0. The smallest absolute Gasteiger partial charge is 0.276 e. The summed E-state index contributed by atoms with van der Waals surface area (Å²) in [6, 6.07) is 0. The highest BCUT2D eigenvalue weighted by atomic mass is 32.2. The van der Waals surface area contributed by atoms with Crippen LogP contribution in [0, 0.1) is 17.8 Å². The zero-order valence-corrected chi connectivity index (χ0v) is 15.2. The molecule has 23 heavy (non-hydrogen) atoms. The molecule has 2 fully saturated rings. The van der Waals surface area contributed by atoms with Gasteiger partial charge in [-0.3, -0.25) is 4.68 Å². The van der Waals surface area contributed by atoms with Crippen LogP contribution >= 0.6 is 0 Å². The lowest BCUT2D eigenvalue weighted by Gasteiger charge is -2.36. The Balaban J connectivity index is 1.63. The summed E-state index contributed by atoms with van der Waals surface area (Å²) in [5.41, 5.74) is 1.19. The van der Waals surface area contributed by atoms with Crippen molar-refractivity contribution in [3.8, 4) is 0 Å². The van der Waals surface area contributed by atoms with Crippen LogP contribution in [0.25, 0.3) is 0 Å². The summed E-state index contributed by atoms with van der Waals surface area (Å²) in [6.45, 7) is 6.90. The number of aromatic nitrogens is 2. The third kappa shape index (κ3) is 3.78. The largest absolute Gasteiger partial charge is 0.282 e. The van der Waals surface area contributed by atoms with E-state index in [1.165, 1.54) is 5.56 Å². The average Bonchev–Trinajstić information content (AvgIpc) is 3.08. The van der Waals surface area contributed by atoms with Gasteiger partial charge in [0, 0.05) is 39.4 Å². The fraction of sp³-hybridized carbons (Fsp3) is 0.812. The number of aryl methyl sites for hydroxylation is 1. The van der Waals surface area contributed by atoms with Gasteiger partial charge >= 0.3 is 0 Å². The lowest BCUT2D eigenvalue weighted by Crippen LogP contribution is -2.48. The van der Waals surface area contributed by atoms with Crippen LogP contribution in [0.3, 0.4) is 0 Å². The Morgan fingerprint density at radius 2 is 1.87 bits per heavy atom. The van der Waals surface area contributed by atoms with Crippen LogP contribution in [0.1, 0.15) is 32.3 Å². The molecule has 0 spiro atoms. The molecule has 2 aliphatic rings. The Morgan fingerprint density at radius 3 is 2.48 bits per heavy atom. The molecule has 1 aromatic heterocycles. The van der Waals surface area contributed by atoms with Crippen LogP contribution in [0.4, 0.5) is 0 Å². The Hall–Kier alpha value is -0.920. The fourth-order valence-corrected chi connectivity index (χ4v) is 5.99. The van der Waals surface area contributed by atoms with Gasteiger partial charge in [-0.25, -0.2) is 0 Å². The number of piperidine rings is 1. The van der Waals surface area contributed by atoms with E-state index >= 15 is 0 Å². The van der Waals surface area contributed by atoms with Crippen molar-refractivity contribution < 1.29 is 8.42 Å². The molecule has 0 aliphatic carbocycles. The molecule has 0 N–H and O–H groups in total. The summed E-state index contributed by atoms with van der Waals surface area (Å²) >= 11 is 0. The van der Waals surface area contributed by atoms with Gasteiger partial charge in [-0.15, -0.1) is 0 Å². The number of rotatable bonds is 4. The van der Waals surface area contributed by atoms with E-state index in [2.05, 4.69) is 18.9 Å². The van der Waals surface area contributed by atoms with Crippen molar-refractivity contribution in [1.82, 2.24) is 18.4 Å². The molecule has 2 saturated heterocycles. The lowest BCUT2D eigenvalue weighted by atomic mass is 9.94. The highest BCUT2D eigenvalue weighted by Crippen LogP contribution is 2.28. The second-order valence-corrected chi connectivity index (χ2v) is 9.44. The normalized spacial score (nSPS) is 30.8. The highest BCUT2D eigenvalue weighted by Gasteiger charge is 2.38. The molecular formula is C16H28N4O2S. The predicted octanol–water partition coefficient (Wildman–Crippen LogP) is 1.51. The molecule has 0 radical (unpaired) electrons. The predicted molar refractivity (Wildman–Crippen MR) is 90.0 cm³/mol. The van der Waals surface area contributed by atoms with E-state index in [-0.39, 0.29) is 0 Å². The van der Waals surface area contributed by atoms with Gasteiger partial charge in [0.25, 0.3) is 10.2 Å². The van der Waals surface area contributed by atoms with Gasteiger partial charge in [0.2, 0.25) is 0 Å². The Labute approximate surface area is 139 Å². The van der Waals surface area contributed by atoms with Gasteiger partial charge in [0.1, 0.15) is 0 Å². The second kappa shape index (κ2) is 6.53. The average molecular weight is 340 g/mol. The summed E-state index contributed by atoms with van der Waals surface area (Å²) in [6.07, 6.45) is 6.87. The van der Waals surface area contributed by atoms with Gasteiger partial charge in [-0.05, 0) is 42.6 Å². The van der Waals surface area contributed by atoms with E-state index in [0.29, 0.717) is 43.9 Å². The number of hydrogen-bond donors (Lipinski definition) is 0. The molecule has 2 aliphatic heterocycles. The molecule has 130 valence electrons. The SMILES string of the molecule is C[C@@H]1C[C@H](C)CN(S(=O)(=O)N2CC[C@@H](Cc3cnn(C)c3)C2)C1. The van der Waals surface area contributed by atoms with E-state index in [4.69, 9.17) is 0 Å². The first-order chi connectivity index (χ1) is 10.8. The summed E-state index contributed by atoms with van der Waals surface area (Å²) in [5.74, 6) is 1.29. The number of nitrogens with zero attached hydrogens (tertiary/aromatic N) is 4. The Kier molecular flexibility index (Phi) is 4.80. The minimum absolute atomic E-state index is 0.397. The first-order valence-electron chi connectivity index (χ1n) is 8.57. The molecule has 0 aromatic carbocycles. The molecule has 6 nitrogen and oxygen atoms in total. The lowest BCUT2D eigenvalue weighted by molar-refractivity contribution is 0.211. The molecule has 3 rings (SSSR count). The topological polar surface area (TPSA) is 58.4 Å². The molecule has 3 atom stereocenters. The first-order valence-corrected chi connectivity index (χ1v) is 9.97. The maximum atomic E-state index is 12.9. The van der Waals surface area contributed by atoms with Crippen LogP contribution in [-0.2, 0) is 23.7 Å². The maximum absolute atomic E-state index is 12.9. The summed E-state index contributed by atoms with van der Waals surface area (Å²) in [7, 11) is -1.39.